The zero-order chi connectivity index (χ0) is 38.0. The lowest BCUT2D eigenvalue weighted by atomic mass is 9.72. The fourth-order valence-corrected chi connectivity index (χ4v) is 8.87. The van der Waals surface area contributed by atoms with Gasteiger partial charge in [-0.25, -0.2) is 4.79 Å². The van der Waals surface area contributed by atoms with Crippen LogP contribution in [0.15, 0.2) is 66.4 Å². The second kappa shape index (κ2) is 16.1. The van der Waals surface area contributed by atoms with Crippen molar-refractivity contribution in [2.75, 3.05) is 68.9 Å². The molecule has 54 heavy (non-hydrogen) atoms. The van der Waals surface area contributed by atoms with Crippen LogP contribution in [0.2, 0.25) is 30.7 Å². The molecule has 11 heteroatoms. The van der Waals surface area contributed by atoms with E-state index in [-0.39, 0.29) is 11.0 Å². The Labute approximate surface area is 326 Å². The number of fused-ring (bicyclic) bond motifs is 2. The van der Waals surface area contributed by atoms with Crippen molar-refractivity contribution in [3.05, 3.63) is 82.5 Å². The molecule has 288 valence electrons. The van der Waals surface area contributed by atoms with Crippen molar-refractivity contribution in [3.8, 4) is 5.88 Å². The first-order chi connectivity index (χ1) is 25.8. The Balaban J connectivity index is 1.08. The minimum absolute atomic E-state index is 0.278. The predicted octanol–water partition coefficient (Wildman–Crippen LogP) is 9.45. The molecule has 2 aromatic heterocycles. The van der Waals surface area contributed by atoms with E-state index in [1.807, 2.05) is 18.2 Å². The molecular formula is C43H56ClN5O4Si. The standard InChI is InChI=1S/C43H56ClN5O4Si/c1-43(2)15-13-33(37(29-43)31-7-9-34(44)10-8-31)30-46-18-20-47(21-19-46)35-11-12-36(42(50)51)38(28-35)49-16-6-23-53-41-39(49)27-32-14-17-48(40(32)45-41)22-24-52-25-26-54(3,4)5/h7-12,14,17,27-28H,6,13,15-16,18-26,29-30H2,1-5H3,(H,50,51). The number of piperazine rings is 1. The third-order valence-corrected chi connectivity index (χ3v) is 13.2. The topological polar surface area (TPSA) is 83.3 Å². The summed E-state index contributed by atoms with van der Waals surface area (Å²) in [5.74, 6) is -0.406. The van der Waals surface area contributed by atoms with Gasteiger partial charge in [0, 0.05) is 82.8 Å². The van der Waals surface area contributed by atoms with Crippen molar-refractivity contribution in [2.24, 2.45) is 5.41 Å². The number of aromatic nitrogens is 2. The molecule has 0 bridgehead atoms. The molecule has 1 fully saturated rings. The van der Waals surface area contributed by atoms with E-state index >= 15 is 0 Å². The van der Waals surface area contributed by atoms with Crippen LogP contribution in [-0.2, 0) is 11.3 Å². The van der Waals surface area contributed by atoms with Gasteiger partial charge >= 0.3 is 5.97 Å². The summed E-state index contributed by atoms with van der Waals surface area (Å²) < 4.78 is 14.3. The number of ether oxygens (including phenoxy) is 2. The van der Waals surface area contributed by atoms with Gasteiger partial charge in [-0.05, 0) is 90.7 Å². The summed E-state index contributed by atoms with van der Waals surface area (Å²) in [5, 5.41) is 12.1. The summed E-state index contributed by atoms with van der Waals surface area (Å²) in [6.45, 7) is 19.7. The van der Waals surface area contributed by atoms with E-state index in [9.17, 15) is 9.90 Å². The number of anilines is 3. The van der Waals surface area contributed by atoms with Crippen molar-refractivity contribution in [2.45, 2.75) is 71.8 Å². The van der Waals surface area contributed by atoms with Crippen LogP contribution in [0.3, 0.4) is 0 Å². The van der Waals surface area contributed by atoms with Crippen molar-refractivity contribution in [1.29, 1.82) is 0 Å². The highest BCUT2D eigenvalue weighted by Gasteiger charge is 2.30. The molecule has 1 aliphatic carbocycles. The normalized spacial score (nSPS) is 18.1. The first kappa shape index (κ1) is 38.4. The van der Waals surface area contributed by atoms with Crippen LogP contribution in [0.25, 0.3) is 16.6 Å². The van der Waals surface area contributed by atoms with Crippen molar-refractivity contribution >= 4 is 59.3 Å². The number of nitrogens with zero attached hydrogens (tertiary/aromatic N) is 5. The number of halogens is 1. The van der Waals surface area contributed by atoms with Gasteiger partial charge in [0.1, 0.15) is 11.3 Å². The molecule has 1 saturated heterocycles. The molecule has 0 atom stereocenters. The smallest absolute Gasteiger partial charge is 0.337 e. The number of hydrogen-bond donors (Lipinski definition) is 1. The third kappa shape index (κ3) is 8.99. The minimum Gasteiger partial charge on any atom is -0.478 e. The first-order valence-corrected chi connectivity index (χ1v) is 23.7. The van der Waals surface area contributed by atoms with Crippen LogP contribution in [-0.4, -0.2) is 92.7 Å². The Bertz CT molecular complexity index is 2000. The molecule has 0 amide bonds. The number of rotatable bonds is 12. The largest absolute Gasteiger partial charge is 0.478 e. The summed E-state index contributed by atoms with van der Waals surface area (Å²) in [5.41, 5.74) is 8.24. The van der Waals surface area contributed by atoms with Crippen LogP contribution >= 0.6 is 11.6 Å². The molecule has 4 aromatic rings. The number of allylic oxidation sites excluding steroid dienone is 1. The number of carboxylic acid groups (broad SMARTS) is 1. The van der Waals surface area contributed by atoms with Gasteiger partial charge in [0.2, 0.25) is 5.88 Å². The lowest BCUT2D eigenvalue weighted by Gasteiger charge is -2.39. The van der Waals surface area contributed by atoms with Crippen molar-refractivity contribution in [1.82, 2.24) is 14.5 Å². The summed E-state index contributed by atoms with van der Waals surface area (Å²) in [6, 6.07) is 19.5. The van der Waals surface area contributed by atoms with E-state index in [1.54, 1.807) is 11.6 Å². The van der Waals surface area contributed by atoms with Gasteiger partial charge in [-0.3, -0.25) is 4.90 Å². The van der Waals surface area contributed by atoms with Gasteiger partial charge in [0.15, 0.2) is 0 Å². The van der Waals surface area contributed by atoms with E-state index in [2.05, 4.69) is 89.3 Å². The fraction of sp³-hybridized carbons (Fsp3) is 0.488. The third-order valence-electron chi connectivity index (χ3n) is 11.2. The van der Waals surface area contributed by atoms with Gasteiger partial charge in [-0.1, -0.05) is 62.8 Å². The Morgan fingerprint density at radius 3 is 2.50 bits per heavy atom. The van der Waals surface area contributed by atoms with Crippen LogP contribution < -0.4 is 14.5 Å². The molecule has 0 radical (unpaired) electrons. The van der Waals surface area contributed by atoms with Gasteiger partial charge in [0.25, 0.3) is 0 Å². The first-order valence-electron chi connectivity index (χ1n) is 19.6. The highest BCUT2D eigenvalue weighted by molar-refractivity contribution is 6.76. The van der Waals surface area contributed by atoms with Crippen LogP contribution in [0.4, 0.5) is 17.1 Å². The number of carboxylic acids is 1. The Kier molecular flexibility index (Phi) is 11.5. The van der Waals surface area contributed by atoms with Crippen molar-refractivity contribution < 1.29 is 19.4 Å². The summed E-state index contributed by atoms with van der Waals surface area (Å²) in [4.78, 5) is 24.8. The summed E-state index contributed by atoms with van der Waals surface area (Å²) >= 11 is 6.25. The summed E-state index contributed by atoms with van der Waals surface area (Å²) in [6.07, 6.45) is 6.19. The highest BCUT2D eigenvalue weighted by atomic mass is 35.5. The molecule has 0 saturated carbocycles. The molecule has 9 nitrogen and oxygen atoms in total. The molecule has 3 aliphatic rings. The molecule has 2 aliphatic heterocycles. The van der Waals surface area contributed by atoms with E-state index < -0.39 is 14.0 Å². The van der Waals surface area contributed by atoms with Gasteiger partial charge in [-0.2, -0.15) is 4.98 Å². The lowest BCUT2D eigenvalue weighted by molar-refractivity contribution is 0.0697. The monoisotopic (exact) mass is 769 g/mol. The number of pyridine rings is 1. The SMILES string of the molecule is CC1(C)CCC(CN2CCN(c3ccc(C(=O)O)c(N4CCCOc5nc6c(ccn6CCOCC[Si](C)(C)C)cc54)c3)CC2)=C(c2ccc(Cl)cc2)C1. The number of benzene rings is 2. The van der Waals surface area contributed by atoms with Crippen LogP contribution in [0, 0.1) is 5.41 Å². The number of hydrogen-bond acceptors (Lipinski definition) is 7. The number of carbonyl (C=O) groups is 1. The minimum atomic E-state index is -1.14. The lowest BCUT2D eigenvalue weighted by Crippen LogP contribution is -2.47. The second-order valence-corrected chi connectivity index (χ2v) is 23.3. The predicted molar refractivity (Wildman–Crippen MR) is 224 cm³/mol. The maximum Gasteiger partial charge on any atom is 0.337 e. The van der Waals surface area contributed by atoms with Crippen molar-refractivity contribution in [3.63, 3.8) is 0 Å². The zero-order valence-electron chi connectivity index (χ0n) is 32.7. The molecule has 4 heterocycles. The van der Waals surface area contributed by atoms with Crippen LogP contribution in [0.1, 0.15) is 55.5 Å². The van der Waals surface area contributed by atoms with E-state index in [0.29, 0.717) is 37.9 Å². The summed E-state index contributed by atoms with van der Waals surface area (Å²) in [7, 11) is -1.14. The second-order valence-electron chi connectivity index (χ2n) is 17.2. The molecule has 1 N–H and O–H groups in total. The number of aromatic carboxylic acids is 1. The zero-order valence-corrected chi connectivity index (χ0v) is 34.4. The quantitative estimate of drug-likeness (QED) is 0.113. The average molecular weight is 770 g/mol. The fourth-order valence-electron chi connectivity index (χ4n) is 7.99. The van der Waals surface area contributed by atoms with Crippen LogP contribution in [0.5, 0.6) is 5.88 Å². The molecule has 0 unspecified atom stereocenters. The Hall–Kier alpha value is -3.83. The molecular weight excluding hydrogens is 714 g/mol. The Morgan fingerprint density at radius 2 is 1.76 bits per heavy atom. The molecule has 0 spiro atoms. The molecule has 2 aromatic carbocycles. The van der Waals surface area contributed by atoms with Gasteiger partial charge < -0.3 is 28.9 Å². The van der Waals surface area contributed by atoms with E-state index in [0.717, 1.165) is 92.1 Å². The van der Waals surface area contributed by atoms with Gasteiger partial charge in [0.05, 0.1) is 24.5 Å². The highest BCUT2D eigenvalue weighted by Crippen LogP contribution is 2.44. The van der Waals surface area contributed by atoms with E-state index in [4.69, 9.17) is 26.1 Å². The average Bonchev–Trinajstić information content (AvgIpc) is 3.40. The Morgan fingerprint density at radius 1 is 0.981 bits per heavy atom. The maximum atomic E-state index is 12.7. The van der Waals surface area contributed by atoms with E-state index in [1.165, 1.54) is 17.6 Å². The molecule has 7 rings (SSSR count). The maximum absolute atomic E-state index is 12.7. The van der Waals surface area contributed by atoms with Gasteiger partial charge in [-0.15, -0.1) is 0 Å².